The second kappa shape index (κ2) is 7.36. The molecule has 1 unspecified atom stereocenters. The molecule has 5 nitrogen and oxygen atoms in total. The van der Waals surface area contributed by atoms with Gasteiger partial charge in [0.05, 0.1) is 13.0 Å². The molecule has 0 aromatic rings. The van der Waals surface area contributed by atoms with Gasteiger partial charge < -0.3 is 10.4 Å². The molecule has 1 atom stereocenters. The van der Waals surface area contributed by atoms with E-state index in [-0.39, 0.29) is 18.4 Å². The Morgan fingerprint density at radius 3 is 2.50 bits per heavy atom. The van der Waals surface area contributed by atoms with Crippen LogP contribution in [0.4, 0.5) is 0 Å². The molecule has 104 valence electrons. The molecule has 2 N–H and O–H groups in total. The lowest BCUT2D eigenvalue weighted by molar-refractivity contribution is -0.139. The van der Waals surface area contributed by atoms with Crippen LogP contribution in [0.3, 0.4) is 0 Å². The number of amides is 1. The van der Waals surface area contributed by atoms with Gasteiger partial charge >= 0.3 is 5.97 Å². The lowest BCUT2D eigenvalue weighted by atomic mass is 10.2. The van der Waals surface area contributed by atoms with E-state index >= 15 is 0 Å². The first kappa shape index (κ1) is 15.0. The number of nitrogens with one attached hydrogen (secondary N) is 1. The highest BCUT2D eigenvalue weighted by atomic mass is 16.4. The minimum Gasteiger partial charge on any atom is -0.481 e. The molecule has 0 aliphatic heterocycles. The number of aliphatic carboxylic acids is 1. The van der Waals surface area contributed by atoms with Crippen molar-refractivity contribution in [3.8, 4) is 0 Å². The third-order valence-corrected chi connectivity index (χ3v) is 3.57. The summed E-state index contributed by atoms with van der Waals surface area (Å²) in [6.07, 6.45) is 4.60. The average Bonchev–Trinajstić information content (AvgIpc) is 2.77. The third-order valence-electron chi connectivity index (χ3n) is 3.57. The molecule has 0 aromatic heterocycles. The fourth-order valence-corrected chi connectivity index (χ4v) is 2.49. The molecule has 1 saturated carbocycles. The number of carbonyl (C=O) groups is 2. The number of carbonyl (C=O) groups excluding carboxylic acids is 1. The predicted molar refractivity (Wildman–Crippen MR) is 69.4 cm³/mol. The van der Waals surface area contributed by atoms with Crippen molar-refractivity contribution >= 4 is 11.9 Å². The number of likely N-dealkylation sites (N-methyl/N-ethyl adjacent to an activating group) is 1. The van der Waals surface area contributed by atoms with Gasteiger partial charge in [0.1, 0.15) is 0 Å². The Hall–Kier alpha value is -1.10. The van der Waals surface area contributed by atoms with Gasteiger partial charge in [-0.3, -0.25) is 14.5 Å². The van der Waals surface area contributed by atoms with E-state index < -0.39 is 5.97 Å². The topological polar surface area (TPSA) is 69.6 Å². The fourth-order valence-electron chi connectivity index (χ4n) is 2.49. The molecule has 1 amide bonds. The molecule has 18 heavy (non-hydrogen) atoms. The third kappa shape index (κ3) is 5.04. The van der Waals surface area contributed by atoms with Crippen LogP contribution in [-0.2, 0) is 9.59 Å². The monoisotopic (exact) mass is 256 g/mol. The number of rotatable bonds is 7. The van der Waals surface area contributed by atoms with Gasteiger partial charge in [-0.25, -0.2) is 0 Å². The molecule has 0 heterocycles. The zero-order chi connectivity index (χ0) is 13.5. The van der Waals surface area contributed by atoms with Gasteiger partial charge in [-0.05, 0) is 26.3 Å². The number of carboxylic acids is 1. The maximum Gasteiger partial charge on any atom is 0.304 e. The van der Waals surface area contributed by atoms with Crippen LogP contribution in [0.15, 0.2) is 0 Å². The van der Waals surface area contributed by atoms with E-state index in [1.807, 2.05) is 18.7 Å². The van der Waals surface area contributed by atoms with Crippen LogP contribution in [0.5, 0.6) is 0 Å². The van der Waals surface area contributed by atoms with Gasteiger partial charge in [0, 0.05) is 12.1 Å². The maximum absolute atomic E-state index is 11.9. The highest BCUT2D eigenvalue weighted by Gasteiger charge is 2.21. The Labute approximate surface area is 109 Å². The molecule has 1 rings (SSSR count). The van der Waals surface area contributed by atoms with Crippen LogP contribution < -0.4 is 5.32 Å². The Balaban J connectivity index is 2.36. The van der Waals surface area contributed by atoms with Crippen molar-refractivity contribution in [3.05, 3.63) is 0 Å². The molecule has 1 fully saturated rings. The quantitative estimate of drug-likeness (QED) is 0.719. The normalized spacial score (nSPS) is 17.9. The smallest absolute Gasteiger partial charge is 0.304 e. The summed E-state index contributed by atoms with van der Waals surface area (Å²) in [5.74, 6) is -0.807. The van der Waals surface area contributed by atoms with E-state index in [2.05, 4.69) is 5.32 Å². The van der Waals surface area contributed by atoms with Crippen molar-refractivity contribution in [1.29, 1.82) is 0 Å². The molecular weight excluding hydrogens is 232 g/mol. The largest absolute Gasteiger partial charge is 0.481 e. The van der Waals surface area contributed by atoms with Gasteiger partial charge in [0.25, 0.3) is 0 Å². The Bertz CT molecular complexity index is 288. The van der Waals surface area contributed by atoms with Gasteiger partial charge in [0.2, 0.25) is 5.91 Å². The summed E-state index contributed by atoms with van der Waals surface area (Å²) in [4.78, 5) is 24.4. The highest BCUT2D eigenvalue weighted by molar-refractivity contribution is 5.78. The summed E-state index contributed by atoms with van der Waals surface area (Å²) in [6.45, 7) is 4.77. The summed E-state index contributed by atoms with van der Waals surface area (Å²) in [7, 11) is 0. The molecule has 5 heteroatoms. The molecule has 1 aliphatic rings. The van der Waals surface area contributed by atoms with Crippen molar-refractivity contribution in [2.45, 2.75) is 58.0 Å². The molecule has 0 radical (unpaired) electrons. The second-order valence-corrected chi connectivity index (χ2v) is 5.06. The first-order chi connectivity index (χ1) is 8.52. The summed E-state index contributed by atoms with van der Waals surface area (Å²) < 4.78 is 0. The van der Waals surface area contributed by atoms with Gasteiger partial charge in [-0.1, -0.05) is 19.8 Å². The SMILES string of the molecule is CCN(CC(=O)NC1CCCC1)C(C)CC(=O)O. The van der Waals surface area contributed by atoms with Crippen LogP contribution in [-0.4, -0.2) is 47.1 Å². The van der Waals surface area contributed by atoms with Gasteiger partial charge in [-0.15, -0.1) is 0 Å². The van der Waals surface area contributed by atoms with Crippen molar-refractivity contribution in [3.63, 3.8) is 0 Å². The van der Waals surface area contributed by atoms with E-state index in [4.69, 9.17) is 5.11 Å². The van der Waals surface area contributed by atoms with Crippen molar-refractivity contribution in [1.82, 2.24) is 10.2 Å². The predicted octanol–water partition coefficient (Wildman–Crippen LogP) is 1.23. The van der Waals surface area contributed by atoms with Crippen molar-refractivity contribution in [2.24, 2.45) is 0 Å². The minimum absolute atomic E-state index is 0.0148. The number of hydrogen-bond acceptors (Lipinski definition) is 3. The van der Waals surface area contributed by atoms with Crippen molar-refractivity contribution in [2.75, 3.05) is 13.1 Å². The molecule has 1 aliphatic carbocycles. The van der Waals surface area contributed by atoms with Crippen LogP contribution in [0.25, 0.3) is 0 Å². The Kier molecular flexibility index (Phi) is 6.12. The van der Waals surface area contributed by atoms with E-state index in [0.29, 0.717) is 19.1 Å². The summed E-state index contributed by atoms with van der Waals surface area (Å²) in [5.41, 5.74) is 0. The standard InChI is InChI=1S/C13H24N2O3/c1-3-15(10(2)8-13(17)18)9-12(16)14-11-6-4-5-7-11/h10-11H,3-9H2,1-2H3,(H,14,16)(H,17,18). The van der Waals surface area contributed by atoms with E-state index in [1.54, 1.807) is 0 Å². The zero-order valence-corrected chi connectivity index (χ0v) is 11.3. The lowest BCUT2D eigenvalue weighted by Crippen LogP contribution is -2.44. The summed E-state index contributed by atoms with van der Waals surface area (Å²) in [6, 6.07) is 0.216. The average molecular weight is 256 g/mol. The minimum atomic E-state index is -0.822. The van der Waals surface area contributed by atoms with Gasteiger partial charge in [-0.2, -0.15) is 0 Å². The van der Waals surface area contributed by atoms with Crippen LogP contribution in [0.1, 0.15) is 46.0 Å². The molecule has 0 bridgehead atoms. The van der Waals surface area contributed by atoms with Crippen LogP contribution >= 0.6 is 0 Å². The Morgan fingerprint density at radius 1 is 1.39 bits per heavy atom. The van der Waals surface area contributed by atoms with Gasteiger partial charge in [0.15, 0.2) is 0 Å². The van der Waals surface area contributed by atoms with Crippen LogP contribution in [0, 0.1) is 0 Å². The molecule has 0 spiro atoms. The summed E-state index contributed by atoms with van der Waals surface area (Å²) in [5, 5.41) is 11.8. The van der Waals surface area contributed by atoms with E-state index in [0.717, 1.165) is 12.8 Å². The second-order valence-electron chi connectivity index (χ2n) is 5.06. The first-order valence-corrected chi connectivity index (χ1v) is 6.78. The number of hydrogen-bond donors (Lipinski definition) is 2. The van der Waals surface area contributed by atoms with E-state index in [9.17, 15) is 9.59 Å². The van der Waals surface area contributed by atoms with E-state index in [1.165, 1.54) is 12.8 Å². The first-order valence-electron chi connectivity index (χ1n) is 6.78. The zero-order valence-electron chi connectivity index (χ0n) is 11.3. The summed E-state index contributed by atoms with van der Waals surface area (Å²) >= 11 is 0. The Morgan fingerprint density at radius 2 is 2.00 bits per heavy atom. The lowest BCUT2D eigenvalue weighted by Gasteiger charge is -2.26. The highest BCUT2D eigenvalue weighted by Crippen LogP contribution is 2.17. The molecule has 0 saturated heterocycles. The fraction of sp³-hybridized carbons (Fsp3) is 0.846. The number of carboxylic acid groups (broad SMARTS) is 1. The number of nitrogens with zero attached hydrogens (tertiary/aromatic N) is 1. The van der Waals surface area contributed by atoms with Crippen molar-refractivity contribution < 1.29 is 14.7 Å². The van der Waals surface area contributed by atoms with Crippen LogP contribution in [0.2, 0.25) is 0 Å². The maximum atomic E-state index is 11.9. The molecule has 0 aromatic carbocycles. The molecular formula is C13H24N2O3.